The van der Waals surface area contributed by atoms with Gasteiger partial charge in [-0.3, -0.25) is 0 Å². The summed E-state index contributed by atoms with van der Waals surface area (Å²) in [5.74, 6) is -0.552. The average molecular weight is 278 g/mol. The van der Waals surface area contributed by atoms with Crippen molar-refractivity contribution in [3.63, 3.8) is 0 Å². The Morgan fingerprint density at radius 3 is 2.40 bits per heavy atom. The summed E-state index contributed by atoms with van der Waals surface area (Å²) in [7, 11) is 0. The number of benzene rings is 1. The molecule has 1 atom stereocenters. The van der Waals surface area contributed by atoms with E-state index >= 15 is 0 Å². The predicted octanol–water partition coefficient (Wildman–Crippen LogP) is 4.09. The fourth-order valence-corrected chi connectivity index (χ4v) is 1.61. The molecule has 0 aliphatic heterocycles. The normalized spacial score (nSPS) is 13.3. The molecule has 0 saturated heterocycles. The molecule has 80 valence electrons. The molecule has 1 nitrogen and oxygen atoms in total. The van der Waals surface area contributed by atoms with Gasteiger partial charge >= 0.3 is 6.18 Å². The van der Waals surface area contributed by atoms with Gasteiger partial charge in [0.05, 0.1) is 17.6 Å². The Balaban J connectivity index is 3.24. The molecule has 5 heteroatoms. The van der Waals surface area contributed by atoms with E-state index in [1.165, 1.54) is 6.07 Å². The minimum Gasteiger partial charge on any atom is -0.198 e. The van der Waals surface area contributed by atoms with Crippen molar-refractivity contribution >= 4 is 15.9 Å². The van der Waals surface area contributed by atoms with Crippen molar-refractivity contribution in [2.45, 2.75) is 19.0 Å². The van der Waals surface area contributed by atoms with Crippen molar-refractivity contribution in [3.8, 4) is 6.07 Å². The Bertz CT molecular complexity index is 406. The van der Waals surface area contributed by atoms with Crippen LogP contribution in [0.1, 0.15) is 24.0 Å². The molecule has 15 heavy (non-hydrogen) atoms. The number of hydrogen-bond acceptors (Lipinski definition) is 1. The SMILES string of the molecule is CC(C#N)c1cc(Br)cc(C(F)(F)F)c1. The minimum absolute atomic E-state index is 0.328. The van der Waals surface area contributed by atoms with Crippen LogP contribution >= 0.6 is 15.9 Å². The molecule has 1 rings (SSSR count). The van der Waals surface area contributed by atoms with Crippen molar-refractivity contribution in [1.82, 2.24) is 0 Å². The van der Waals surface area contributed by atoms with Crippen LogP contribution in [-0.2, 0) is 6.18 Å². The van der Waals surface area contributed by atoms with E-state index in [-0.39, 0.29) is 0 Å². The van der Waals surface area contributed by atoms with E-state index in [0.717, 1.165) is 12.1 Å². The first-order chi connectivity index (χ1) is 6.84. The Labute approximate surface area is 93.6 Å². The first-order valence-corrected chi connectivity index (χ1v) is 4.91. The summed E-state index contributed by atoms with van der Waals surface area (Å²) >= 11 is 2.99. The number of nitriles is 1. The molecule has 0 N–H and O–H groups in total. The minimum atomic E-state index is -4.38. The van der Waals surface area contributed by atoms with Crippen molar-refractivity contribution in [3.05, 3.63) is 33.8 Å². The van der Waals surface area contributed by atoms with E-state index in [0.29, 0.717) is 10.0 Å². The number of alkyl halides is 3. The number of halogens is 4. The summed E-state index contributed by atoms with van der Waals surface area (Å²) in [5, 5.41) is 8.63. The van der Waals surface area contributed by atoms with Gasteiger partial charge in [-0.1, -0.05) is 15.9 Å². The first kappa shape index (κ1) is 12.1. The van der Waals surface area contributed by atoms with E-state index in [4.69, 9.17) is 5.26 Å². The zero-order chi connectivity index (χ0) is 11.6. The molecule has 0 aliphatic carbocycles. The average Bonchev–Trinajstić information content (AvgIpc) is 2.14. The molecule has 1 aromatic carbocycles. The smallest absolute Gasteiger partial charge is 0.198 e. The maximum absolute atomic E-state index is 12.4. The lowest BCUT2D eigenvalue weighted by molar-refractivity contribution is -0.137. The topological polar surface area (TPSA) is 23.8 Å². The van der Waals surface area contributed by atoms with Crippen LogP contribution in [0.5, 0.6) is 0 Å². The van der Waals surface area contributed by atoms with Crippen molar-refractivity contribution < 1.29 is 13.2 Å². The summed E-state index contributed by atoms with van der Waals surface area (Å²) < 4.78 is 37.6. The Kier molecular flexibility index (Phi) is 3.40. The van der Waals surface area contributed by atoms with Crippen LogP contribution in [0.3, 0.4) is 0 Å². The van der Waals surface area contributed by atoms with E-state index in [9.17, 15) is 13.2 Å². The van der Waals surface area contributed by atoms with Crippen LogP contribution in [0.25, 0.3) is 0 Å². The first-order valence-electron chi connectivity index (χ1n) is 4.12. The highest BCUT2D eigenvalue weighted by Gasteiger charge is 2.31. The van der Waals surface area contributed by atoms with Gasteiger partial charge in [0.25, 0.3) is 0 Å². The molecule has 0 amide bonds. The second-order valence-corrected chi connectivity index (χ2v) is 4.04. The molecule has 0 radical (unpaired) electrons. The van der Waals surface area contributed by atoms with Crippen LogP contribution in [0.2, 0.25) is 0 Å². The molecule has 1 unspecified atom stereocenters. The van der Waals surface area contributed by atoms with Gasteiger partial charge in [0.15, 0.2) is 0 Å². The third-order valence-electron chi connectivity index (χ3n) is 1.94. The lowest BCUT2D eigenvalue weighted by Gasteiger charge is -2.10. The lowest BCUT2D eigenvalue weighted by Crippen LogP contribution is -2.06. The monoisotopic (exact) mass is 277 g/mol. The number of rotatable bonds is 1. The van der Waals surface area contributed by atoms with Gasteiger partial charge in [0.1, 0.15) is 0 Å². The fraction of sp³-hybridized carbons (Fsp3) is 0.300. The van der Waals surface area contributed by atoms with Gasteiger partial charge < -0.3 is 0 Å². The highest BCUT2D eigenvalue weighted by Crippen LogP contribution is 2.33. The molecular formula is C10H7BrF3N. The summed E-state index contributed by atoms with van der Waals surface area (Å²) in [4.78, 5) is 0. The van der Waals surface area contributed by atoms with Crippen molar-refractivity contribution in [1.29, 1.82) is 5.26 Å². The molecule has 0 saturated carbocycles. The zero-order valence-electron chi connectivity index (χ0n) is 7.77. The largest absolute Gasteiger partial charge is 0.416 e. The summed E-state index contributed by atoms with van der Waals surface area (Å²) in [5.41, 5.74) is -0.381. The van der Waals surface area contributed by atoms with Gasteiger partial charge in [-0.25, -0.2) is 0 Å². The van der Waals surface area contributed by atoms with Crippen LogP contribution in [-0.4, -0.2) is 0 Å². The number of hydrogen-bond donors (Lipinski definition) is 0. The van der Waals surface area contributed by atoms with E-state index in [1.807, 2.05) is 6.07 Å². The zero-order valence-corrected chi connectivity index (χ0v) is 9.35. The summed E-state index contributed by atoms with van der Waals surface area (Å²) in [6, 6.07) is 5.41. The molecule has 1 aromatic rings. The Hall–Kier alpha value is -1.02. The molecule has 0 fully saturated rings. The number of nitrogens with zero attached hydrogens (tertiary/aromatic N) is 1. The van der Waals surface area contributed by atoms with E-state index < -0.39 is 17.7 Å². The molecule has 0 aromatic heterocycles. The van der Waals surface area contributed by atoms with E-state index in [1.54, 1.807) is 6.92 Å². The van der Waals surface area contributed by atoms with Crippen LogP contribution in [0.15, 0.2) is 22.7 Å². The Morgan fingerprint density at radius 2 is 1.93 bits per heavy atom. The maximum Gasteiger partial charge on any atom is 0.416 e. The van der Waals surface area contributed by atoms with Gasteiger partial charge in [0, 0.05) is 4.47 Å². The van der Waals surface area contributed by atoms with Gasteiger partial charge in [-0.2, -0.15) is 18.4 Å². The van der Waals surface area contributed by atoms with E-state index in [2.05, 4.69) is 15.9 Å². The van der Waals surface area contributed by atoms with Gasteiger partial charge in [-0.15, -0.1) is 0 Å². The van der Waals surface area contributed by atoms with Crippen molar-refractivity contribution in [2.75, 3.05) is 0 Å². The summed E-state index contributed by atoms with van der Waals surface area (Å²) in [6.07, 6.45) is -4.38. The highest BCUT2D eigenvalue weighted by molar-refractivity contribution is 9.10. The second-order valence-electron chi connectivity index (χ2n) is 3.12. The molecule has 0 heterocycles. The quantitative estimate of drug-likeness (QED) is 0.758. The van der Waals surface area contributed by atoms with Crippen LogP contribution < -0.4 is 0 Å². The standard InChI is InChI=1S/C10H7BrF3N/c1-6(5-15)7-2-8(10(12,13)14)4-9(11)3-7/h2-4,6H,1H3. The predicted molar refractivity (Wildman–Crippen MR) is 53.2 cm³/mol. The highest BCUT2D eigenvalue weighted by atomic mass is 79.9. The van der Waals surface area contributed by atoms with Crippen LogP contribution in [0.4, 0.5) is 13.2 Å². The lowest BCUT2D eigenvalue weighted by atomic mass is 10.0. The third-order valence-corrected chi connectivity index (χ3v) is 2.40. The molecular weight excluding hydrogens is 271 g/mol. The molecule has 0 spiro atoms. The third kappa shape index (κ3) is 2.96. The Morgan fingerprint density at radius 1 is 1.33 bits per heavy atom. The molecule has 0 aliphatic rings. The fourth-order valence-electron chi connectivity index (χ4n) is 1.10. The van der Waals surface area contributed by atoms with Gasteiger partial charge in [-0.05, 0) is 30.7 Å². The van der Waals surface area contributed by atoms with Gasteiger partial charge in [0.2, 0.25) is 0 Å². The second kappa shape index (κ2) is 4.23. The summed E-state index contributed by atoms with van der Waals surface area (Å²) in [6.45, 7) is 1.56. The maximum atomic E-state index is 12.4. The van der Waals surface area contributed by atoms with Crippen molar-refractivity contribution in [2.24, 2.45) is 0 Å². The van der Waals surface area contributed by atoms with Crippen LogP contribution in [0, 0.1) is 11.3 Å². The molecule has 0 bridgehead atoms.